The number of hydrogen-bond acceptors (Lipinski definition) is 4. The van der Waals surface area contributed by atoms with Gasteiger partial charge in [-0.15, -0.1) is 0 Å². The van der Waals surface area contributed by atoms with Crippen molar-refractivity contribution in [2.24, 2.45) is 0 Å². The summed E-state index contributed by atoms with van der Waals surface area (Å²) >= 11 is 0. The van der Waals surface area contributed by atoms with Gasteiger partial charge in [0.1, 0.15) is 18.1 Å². The smallest absolute Gasteiger partial charge is 0.128 e. The first-order valence-electron chi connectivity index (χ1n) is 6.92. The van der Waals surface area contributed by atoms with Crippen LogP contribution in [0.2, 0.25) is 0 Å². The third-order valence-electron chi connectivity index (χ3n) is 3.53. The summed E-state index contributed by atoms with van der Waals surface area (Å²) in [7, 11) is 1.63. The normalized spacial score (nSPS) is 17.4. The van der Waals surface area contributed by atoms with E-state index in [-0.39, 0.29) is 0 Å². The molecule has 1 fully saturated rings. The molecule has 0 saturated carbocycles. The zero-order chi connectivity index (χ0) is 13.7. The van der Waals surface area contributed by atoms with Crippen LogP contribution in [0, 0.1) is 0 Å². The number of rotatable bonds is 6. The number of hydrogen-bond donors (Lipinski definition) is 1. The highest BCUT2D eigenvalue weighted by Gasteiger charge is 2.13. The molecule has 0 aliphatic carbocycles. The summed E-state index contributed by atoms with van der Waals surface area (Å²) in [5.74, 6) is 1.47. The molecule has 1 atom stereocenters. The van der Waals surface area contributed by atoms with Crippen LogP contribution in [-0.4, -0.2) is 43.4 Å². The number of likely N-dealkylation sites (tertiary alicyclic amines) is 1. The highest BCUT2D eigenvalue weighted by molar-refractivity contribution is 5.41. The first-order chi connectivity index (χ1) is 9.20. The van der Waals surface area contributed by atoms with E-state index in [0.717, 1.165) is 17.9 Å². The van der Waals surface area contributed by atoms with E-state index in [4.69, 9.17) is 9.47 Å². The molecule has 4 nitrogen and oxygen atoms in total. The van der Waals surface area contributed by atoms with Crippen molar-refractivity contribution in [3.63, 3.8) is 0 Å². The Morgan fingerprint density at radius 2 is 2.05 bits per heavy atom. The lowest BCUT2D eigenvalue weighted by molar-refractivity contribution is 0.186. The summed E-state index contributed by atoms with van der Waals surface area (Å²) in [5, 5.41) is 9.75. The predicted octanol–water partition coefficient (Wildman–Crippen LogP) is 2.22. The molecule has 0 radical (unpaired) electrons. The molecule has 0 spiro atoms. The minimum atomic E-state index is -0.535. The molecule has 0 bridgehead atoms. The maximum absolute atomic E-state index is 9.75. The lowest BCUT2D eigenvalue weighted by Crippen LogP contribution is -2.25. The van der Waals surface area contributed by atoms with E-state index in [1.54, 1.807) is 14.0 Å². The lowest BCUT2D eigenvalue weighted by atomic mass is 10.1. The van der Waals surface area contributed by atoms with Gasteiger partial charge in [0, 0.05) is 18.2 Å². The van der Waals surface area contributed by atoms with Gasteiger partial charge in [0.2, 0.25) is 0 Å². The van der Waals surface area contributed by atoms with E-state index in [1.807, 2.05) is 18.2 Å². The molecule has 2 rings (SSSR count). The number of ether oxygens (including phenoxy) is 2. The second kappa shape index (κ2) is 6.78. The van der Waals surface area contributed by atoms with Crippen LogP contribution in [0.1, 0.15) is 31.4 Å². The predicted molar refractivity (Wildman–Crippen MR) is 74.8 cm³/mol. The van der Waals surface area contributed by atoms with Crippen LogP contribution in [0.25, 0.3) is 0 Å². The summed E-state index contributed by atoms with van der Waals surface area (Å²) in [6.45, 7) is 5.67. The second-order valence-corrected chi connectivity index (χ2v) is 4.98. The number of aliphatic hydroxyl groups is 1. The fourth-order valence-electron chi connectivity index (χ4n) is 2.40. The molecule has 1 aliphatic heterocycles. The fourth-order valence-corrected chi connectivity index (χ4v) is 2.40. The van der Waals surface area contributed by atoms with Gasteiger partial charge in [-0.25, -0.2) is 0 Å². The lowest BCUT2D eigenvalue weighted by Gasteiger charge is -2.18. The van der Waals surface area contributed by atoms with E-state index in [2.05, 4.69) is 4.90 Å². The van der Waals surface area contributed by atoms with Crippen molar-refractivity contribution < 1.29 is 14.6 Å². The Labute approximate surface area is 114 Å². The maximum Gasteiger partial charge on any atom is 0.128 e. The summed E-state index contributed by atoms with van der Waals surface area (Å²) in [5.41, 5.74) is 0.808. The van der Waals surface area contributed by atoms with Gasteiger partial charge in [-0.2, -0.15) is 0 Å². The van der Waals surface area contributed by atoms with Crippen molar-refractivity contribution >= 4 is 0 Å². The zero-order valence-corrected chi connectivity index (χ0v) is 11.8. The Morgan fingerprint density at radius 3 is 2.68 bits per heavy atom. The maximum atomic E-state index is 9.75. The van der Waals surface area contributed by atoms with Crippen molar-refractivity contribution in [2.75, 3.05) is 33.4 Å². The van der Waals surface area contributed by atoms with Crippen LogP contribution >= 0.6 is 0 Å². The van der Waals surface area contributed by atoms with Gasteiger partial charge in [-0.3, -0.25) is 4.90 Å². The average Bonchev–Trinajstić information content (AvgIpc) is 2.91. The quantitative estimate of drug-likeness (QED) is 0.856. The Balaban J connectivity index is 1.96. The van der Waals surface area contributed by atoms with E-state index < -0.39 is 6.10 Å². The van der Waals surface area contributed by atoms with Crippen LogP contribution in [0.15, 0.2) is 18.2 Å². The van der Waals surface area contributed by atoms with Gasteiger partial charge in [-0.05, 0) is 45.0 Å². The van der Waals surface area contributed by atoms with Gasteiger partial charge in [0.05, 0.1) is 13.2 Å². The molecular formula is C15H23NO3. The van der Waals surface area contributed by atoms with Crippen molar-refractivity contribution in [3.8, 4) is 11.5 Å². The topological polar surface area (TPSA) is 41.9 Å². The highest BCUT2D eigenvalue weighted by Crippen LogP contribution is 2.29. The van der Waals surface area contributed by atoms with Crippen LogP contribution in [0.4, 0.5) is 0 Å². The summed E-state index contributed by atoms with van der Waals surface area (Å²) in [4.78, 5) is 2.40. The van der Waals surface area contributed by atoms with Gasteiger partial charge < -0.3 is 14.6 Å². The molecule has 1 aromatic rings. The number of aliphatic hydroxyl groups excluding tert-OH is 1. The highest BCUT2D eigenvalue weighted by atomic mass is 16.5. The second-order valence-electron chi connectivity index (χ2n) is 4.98. The monoisotopic (exact) mass is 265 g/mol. The number of benzene rings is 1. The van der Waals surface area contributed by atoms with Gasteiger partial charge in [-0.1, -0.05) is 0 Å². The van der Waals surface area contributed by atoms with Crippen molar-refractivity contribution in [1.29, 1.82) is 0 Å². The van der Waals surface area contributed by atoms with Crippen LogP contribution in [0.5, 0.6) is 11.5 Å². The van der Waals surface area contributed by atoms with E-state index >= 15 is 0 Å². The first kappa shape index (κ1) is 14.2. The van der Waals surface area contributed by atoms with Gasteiger partial charge >= 0.3 is 0 Å². The largest absolute Gasteiger partial charge is 0.497 e. The number of methoxy groups -OCH3 is 1. The molecule has 1 aromatic carbocycles. The molecule has 0 aromatic heterocycles. The average molecular weight is 265 g/mol. The third-order valence-corrected chi connectivity index (χ3v) is 3.53. The molecule has 1 aliphatic rings. The molecule has 1 heterocycles. The van der Waals surface area contributed by atoms with Gasteiger partial charge in [0.25, 0.3) is 0 Å². The van der Waals surface area contributed by atoms with Crippen molar-refractivity contribution in [2.45, 2.75) is 25.9 Å². The van der Waals surface area contributed by atoms with Gasteiger partial charge in [0.15, 0.2) is 0 Å². The molecular weight excluding hydrogens is 242 g/mol. The fraction of sp³-hybridized carbons (Fsp3) is 0.600. The molecule has 1 saturated heterocycles. The van der Waals surface area contributed by atoms with E-state index in [0.29, 0.717) is 12.4 Å². The standard InChI is InChI=1S/C15H23NO3/c1-12(17)14-6-5-13(18-2)11-15(14)19-10-9-16-7-3-4-8-16/h5-6,11-12,17H,3-4,7-10H2,1-2H3. The Morgan fingerprint density at radius 1 is 1.32 bits per heavy atom. The first-order valence-corrected chi connectivity index (χ1v) is 6.92. The van der Waals surface area contributed by atoms with Crippen molar-refractivity contribution in [3.05, 3.63) is 23.8 Å². The molecule has 19 heavy (non-hydrogen) atoms. The van der Waals surface area contributed by atoms with Crippen LogP contribution in [-0.2, 0) is 0 Å². The Bertz CT molecular complexity index is 400. The molecule has 4 heteroatoms. The zero-order valence-electron chi connectivity index (χ0n) is 11.8. The molecule has 1 unspecified atom stereocenters. The number of nitrogens with zero attached hydrogens (tertiary/aromatic N) is 1. The van der Waals surface area contributed by atoms with Crippen molar-refractivity contribution in [1.82, 2.24) is 4.90 Å². The third kappa shape index (κ3) is 3.85. The van der Waals surface area contributed by atoms with Crippen LogP contribution in [0.3, 0.4) is 0 Å². The molecule has 0 amide bonds. The van der Waals surface area contributed by atoms with Crippen LogP contribution < -0.4 is 9.47 Å². The molecule has 106 valence electrons. The van der Waals surface area contributed by atoms with E-state index in [9.17, 15) is 5.11 Å². The minimum Gasteiger partial charge on any atom is -0.497 e. The summed E-state index contributed by atoms with van der Waals surface area (Å²) in [6.07, 6.45) is 2.04. The SMILES string of the molecule is COc1ccc(C(C)O)c(OCCN2CCCC2)c1. The Hall–Kier alpha value is -1.26. The van der Waals surface area contributed by atoms with E-state index in [1.165, 1.54) is 25.9 Å². The molecule has 1 N–H and O–H groups in total. The Kier molecular flexibility index (Phi) is 5.05. The minimum absolute atomic E-state index is 0.535. The summed E-state index contributed by atoms with van der Waals surface area (Å²) < 4.78 is 11.0. The summed E-state index contributed by atoms with van der Waals surface area (Å²) in [6, 6.07) is 5.54.